The van der Waals surface area contributed by atoms with Gasteiger partial charge in [-0.2, -0.15) is 0 Å². The van der Waals surface area contributed by atoms with E-state index in [0.717, 1.165) is 12.8 Å². The first-order valence-corrected chi connectivity index (χ1v) is 5.43. The van der Waals surface area contributed by atoms with Gasteiger partial charge in [-0.15, -0.1) is 0 Å². The van der Waals surface area contributed by atoms with Gasteiger partial charge in [0.2, 0.25) is 0 Å². The van der Waals surface area contributed by atoms with Crippen LogP contribution >= 0.6 is 0 Å². The molecule has 0 amide bonds. The Kier molecular flexibility index (Phi) is 2.88. The third-order valence-electron chi connectivity index (χ3n) is 3.12. The lowest BCUT2D eigenvalue weighted by Crippen LogP contribution is -2.33. The number of carbonyl (C=O) groups excluding carboxylic acids is 2. The van der Waals surface area contributed by atoms with E-state index in [1.807, 2.05) is 0 Å². The summed E-state index contributed by atoms with van der Waals surface area (Å²) in [5, 5.41) is 0. The Morgan fingerprint density at radius 3 is 1.94 bits per heavy atom. The van der Waals surface area contributed by atoms with Crippen molar-refractivity contribution in [2.75, 3.05) is 13.2 Å². The van der Waals surface area contributed by atoms with Crippen LogP contribution in [0, 0.1) is 5.41 Å². The zero-order valence-electron chi connectivity index (χ0n) is 9.52. The molecule has 2 fully saturated rings. The number of fused-ring (bicyclic) bond motifs is 1. The van der Waals surface area contributed by atoms with Crippen molar-refractivity contribution in [2.45, 2.75) is 38.9 Å². The summed E-state index contributed by atoms with van der Waals surface area (Å²) in [4.78, 5) is 21.6. The summed E-state index contributed by atoms with van der Waals surface area (Å²) >= 11 is 0. The highest BCUT2D eigenvalue weighted by atomic mass is 16.6. The van der Waals surface area contributed by atoms with Crippen molar-refractivity contribution in [3.8, 4) is 0 Å². The average molecular weight is 228 g/mol. The van der Waals surface area contributed by atoms with Crippen LogP contribution in [0.5, 0.6) is 0 Å². The molecule has 5 heteroatoms. The first-order valence-electron chi connectivity index (χ1n) is 5.43. The van der Waals surface area contributed by atoms with Crippen molar-refractivity contribution in [1.29, 1.82) is 0 Å². The highest BCUT2D eigenvalue weighted by molar-refractivity contribution is 5.66. The second-order valence-electron chi connectivity index (χ2n) is 4.68. The maximum absolute atomic E-state index is 10.8. The maximum atomic E-state index is 10.8. The number of carbonyl (C=O) groups is 2. The zero-order chi connectivity index (χ0) is 11.8. The van der Waals surface area contributed by atoms with E-state index in [1.54, 1.807) is 0 Å². The lowest BCUT2D eigenvalue weighted by Gasteiger charge is -2.28. The Labute approximate surface area is 94.0 Å². The Balaban J connectivity index is 1.90. The minimum Gasteiger partial charge on any atom is -0.465 e. The van der Waals surface area contributed by atoms with Gasteiger partial charge in [-0.05, 0) is 12.8 Å². The Morgan fingerprint density at radius 2 is 1.56 bits per heavy atom. The molecular weight excluding hydrogens is 212 g/mol. The molecule has 2 atom stereocenters. The summed E-state index contributed by atoms with van der Waals surface area (Å²) in [7, 11) is 0. The molecule has 0 unspecified atom stereocenters. The van der Waals surface area contributed by atoms with Crippen LogP contribution in [-0.4, -0.2) is 37.4 Å². The van der Waals surface area contributed by atoms with Crippen LogP contribution in [-0.2, 0) is 23.8 Å². The Morgan fingerprint density at radius 1 is 1.12 bits per heavy atom. The third-order valence-corrected chi connectivity index (χ3v) is 3.12. The van der Waals surface area contributed by atoms with Gasteiger partial charge in [0.1, 0.15) is 13.2 Å². The van der Waals surface area contributed by atoms with E-state index in [9.17, 15) is 9.59 Å². The van der Waals surface area contributed by atoms with Gasteiger partial charge < -0.3 is 14.2 Å². The molecule has 0 aromatic carbocycles. The molecule has 0 spiro atoms. The average Bonchev–Trinajstić information content (AvgIpc) is 2.82. The molecule has 0 radical (unpaired) electrons. The van der Waals surface area contributed by atoms with E-state index in [-0.39, 0.29) is 29.6 Å². The van der Waals surface area contributed by atoms with Crippen LogP contribution in [0.4, 0.5) is 0 Å². The number of esters is 2. The van der Waals surface area contributed by atoms with E-state index in [0.29, 0.717) is 13.2 Å². The van der Waals surface area contributed by atoms with Crippen LogP contribution in [0.25, 0.3) is 0 Å². The minimum absolute atomic E-state index is 0.231. The summed E-state index contributed by atoms with van der Waals surface area (Å²) in [6, 6.07) is 0. The smallest absolute Gasteiger partial charge is 0.302 e. The molecular formula is C11H16O5. The van der Waals surface area contributed by atoms with E-state index in [2.05, 4.69) is 0 Å². The number of ether oxygens (including phenoxy) is 3. The van der Waals surface area contributed by atoms with Crippen molar-refractivity contribution in [3.05, 3.63) is 0 Å². The molecule has 0 aromatic heterocycles. The fourth-order valence-electron chi connectivity index (χ4n) is 2.26. The van der Waals surface area contributed by atoms with Crippen LogP contribution < -0.4 is 0 Å². The monoisotopic (exact) mass is 228 g/mol. The van der Waals surface area contributed by atoms with E-state index >= 15 is 0 Å². The van der Waals surface area contributed by atoms with Gasteiger partial charge in [-0.1, -0.05) is 0 Å². The summed E-state index contributed by atoms with van der Waals surface area (Å²) in [5.41, 5.74) is -0.231. The molecule has 1 aliphatic carbocycles. The second-order valence-corrected chi connectivity index (χ2v) is 4.68. The van der Waals surface area contributed by atoms with E-state index < -0.39 is 0 Å². The molecule has 1 saturated heterocycles. The summed E-state index contributed by atoms with van der Waals surface area (Å²) < 4.78 is 15.4. The largest absolute Gasteiger partial charge is 0.465 e. The molecule has 2 rings (SSSR count). The molecule has 0 N–H and O–H groups in total. The van der Waals surface area contributed by atoms with Crippen LogP contribution in [0.15, 0.2) is 0 Å². The van der Waals surface area contributed by atoms with Crippen molar-refractivity contribution in [1.82, 2.24) is 0 Å². The SMILES string of the molecule is CC(=O)OCC1(COC(C)=O)C[C@@H]2O[C@H]2C1. The fraction of sp³-hybridized carbons (Fsp3) is 0.818. The Hall–Kier alpha value is -1.10. The molecule has 1 saturated carbocycles. The predicted octanol–water partition coefficient (Wildman–Crippen LogP) is 0.660. The minimum atomic E-state index is -0.302. The summed E-state index contributed by atoms with van der Waals surface area (Å²) in [6.07, 6.45) is 2.15. The quantitative estimate of drug-likeness (QED) is 0.522. The number of epoxide rings is 1. The molecule has 2 aliphatic rings. The number of hydrogen-bond donors (Lipinski definition) is 0. The first kappa shape index (κ1) is 11.4. The molecule has 1 aliphatic heterocycles. The third kappa shape index (κ3) is 2.52. The molecule has 16 heavy (non-hydrogen) atoms. The van der Waals surface area contributed by atoms with Gasteiger partial charge in [-0.3, -0.25) is 9.59 Å². The standard InChI is InChI=1S/C11H16O5/c1-7(12)14-5-11(6-15-8(2)13)3-9-10(4-11)16-9/h9-10H,3-6H2,1-2H3/t9-,10-/m0/s1. The van der Waals surface area contributed by atoms with Crippen molar-refractivity contribution < 1.29 is 23.8 Å². The van der Waals surface area contributed by atoms with E-state index in [1.165, 1.54) is 13.8 Å². The normalized spacial score (nSPS) is 29.4. The lowest BCUT2D eigenvalue weighted by molar-refractivity contribution is -0.152. The fourth-order valence-corrected chi connectivity index (χ4v) is 2.26. The first-order chi connectivity index (χ1) is 7.51. The topological polar surface area (TPSA) is 65.1 Å². The summed E-state index contributed by atoms with van der Waals surface area (Å²) in [6.45, 7) is 3.38. The number of hydrogen-bond acceptors (Lipinski definition) is 5. The Bertz CT molecular complexity index is 281. The molecule has 0 bridgehead atoms. The lowest BCUT2D eigenvalue weighted by atomic mass is 9.87. The highest BCUT2D eigenvalue weighted by Gasteiger charge is 2.56. The molecule has 90 valence electrons. The maximum Gasteiger partial charge on any atom is 0.302 e. The number of rotatable bonds is 4. The van der Waals surface area contributed by atoms with Crippen molar-refractivity contribution >= 4 is 11.9 Å². The van der Waals surface area contributed by atoms with Gasteiger partial charge in [0.15, 0.2) is 0 Å². The van der Waals surface area contributed by atoms with E-state index in [4.69, 9.17) is 14.2 Å². The van der Waals surface area contributed by atoms with Gasteiger partial charge in [0, 0.05) is 19.3 Å². The van der Waals surface area contributed by atoms with Crippen LogP contribution in [0.2, 0.25) is 0 Å². The second kappa shape index (κ2) is 4.05. The molecule has 1 heterocycles. The predicted molar refractivity (Wildman–Crippen MR) is 53.6 cm³/mol. The van der Waals surface area contributed by atoms with Crippen molar-refractivity contribution in [3.63, 3.8) is 0 Å². The van der Waals surface area contributed by atoms with Crippen LogP contribution in [0.3, 0.4) is 0 Å². The zero-order valence-corrected chi connectivity index (χ0v) is 9.52. The van der Waals surface area contributed by atoms with Gasteiger partial charge in [0.25, 0.3) is 0 Å². The summed E-state index contributed by atoms with van der Waals surface area (Å²) in [5.74, 6) is -0.604. The highest BCUT2D eigenvalue weighted by Crippen LogP contribution is 2.50. The van der Waals surface area contributed by atoms with Crippen molar-refractivity contribution in [2.24, 2.45) is 5.41 Å². The van der Waals surface area contributed by atoms with Gasteiger partial charge in [0.05, 0.1) is 12.2 Å². The van der Waals surface area contributed by atoms with Gasteiger partial charge >= 0.3 is 11.9 Å². The van der Waals surface area contributed by atoms with Gasteiger partial charge in [-0.25, -0.2) is 0 Å². The molecule has 5 nitrogen and oxygen atoms in total. The molecule has 0 aromatic rings. The van der Waals surface area contributed by atoms with Crippen LogP contribution in [0.1, 0.15) is 26.7 Å².